The number of likely N-dealkylation sites (N-methyl/N-ethyl adjacent to an activating group) is 2. The standard InChI is InChI=1S/C13H25N3O4.C2H6.CH4O/c1-12(18)10-16(6-4-14(2)8-9-17)7-5-15(3)11-13(19)20;2*1-2/h9H,4-8,10-11H2,1-3H3,(H,19,20);1-2H3;2H,1H3. The molecule has 0 unspecified atom stereocenters. The number of hydrogen-bond acceptors (Lipinski definition) is 7. The Labute approximate surface area is 146 Å². The first-order chi connectivity index (χ1) is 11.3. The van der Waals surface area contributed by atoms with Gasteiger partial charge in [0.1, 0.15) is 12.1 Å². The lowest BCUT2D eigenvalue weighted by Crippen LogP contribution is -2.41. The van der Waals surface area contributed by atoms with E-state index in [-0.39, 0.29) is 12.3 Å². The van der Waals surface area contributed by atoms with Crippen LogP contribution in [0.25, 0.3) is 0 Å². The highest BCUT2D eigenvalue weighted by Gasteiger charge is 2.11. The van der Waals surface area contributed by atoms with Crippen LogP contribution in [0.1, 0.15) is 20.8 Å². The van der Waals surface area contributed by atoms with Gasteiger partial charge in [0.2, 0.25) is 0 Å². The van der Waals surface area contributed by atoms with Crippen molar-refractivity contribution in [1.82, 2.24) is 14.7 Å². The SMILES string of the molecule is CC.CC(=O)CN(CCN(C)CC=O)CCN(C)CC(=O)O.CO. The van der Waals surface area contributed by atoms with Gasteiger partial charge in [0.25, 0.3) is 0 Å². The summed E-state index contributed by atoms with van der Waals surface area (Å²) in [5, 5.41) is 15.7. The number of rotatable bonds is 12. The second-order valence-corrected chi connectivity index (χ2v) is 5.04. The summed E-state index contributed by atoms with van der Waals surface area (Å²) in [4.78, 5) is 37.7. The lowest BCUT2D eigenvalue weighted by Gasteiger charge is -2.25. The summed E-state index contributed by atoms with van der Waals surface area (Å²) in [5.74, 6) is -0.791. The van der Waals surface area contributed by atoms with Gasteiger partial charge in [-0.1, -0.05) is 13.8 Å². The van der Waals surface area contributed by atoms with Crippen LogP contribution in [0.4, 0.5) is 0 Å². The third-order valence-corrected chi connectivity index (χ3v) is 2.83. The second-order valence-electron chi connectivity index (χ2n) is 5.04. The largest absolute Gasteiger partial charge is 0.480 e. The van der Waals surface area contributed by atoms with Crippen molar-refractivity contribution in [3.05, 3.63) is 0 Å². The average molecular weight is 349 g/mol. The van der Waals surface area contributed by atoms with Gasteiger partial charge >= 0.3 is 5.97 Å². The second kappa shape index (κ2) is 19.7. The summed E-state index contributed by atoms with van der Waals surface area (Å²) < 4.78 is 0. The number of ketones is 1. The molecule has 0 spiro atoms. The lowest BCUT2D eigenvalue weighted by molar-refractivity contribution is -0.138. The molecule has 0 aliphatic rings. The molecule has 0 amide bonds. The molecule has 0 heterocycles. The Morgan fingerprint density at radius 1 is 0.917 bits per heavy atom. The average Bonchev–Trinajstić information content (AvgIpc) is 2.53. The quantitative estimate of drug-likeness (QED) is 0.462. The summed E-state index contributed by atoms with van der Waals surface area (Å²) in [6.45, 7) is 8.79. The van der Waals surface area contributed by atoms with Crippen LogP contribution < -0.4 is 0 Å². The van der Waals surface area contributed by atoms with Crippen molar-refractivity contribution in [3.8, 4) is 0 Å². The van der Waals surface area contributed by atoms with Crippen LogP contribution in [0.3, 0.4) is 0 Å². The van der Waals surface area contributed by atoms with Crippen molar-refractivity contribution in [3.63, 3.8) is 0 Å². The van der Waals surface area contributed by atoms with Crippen molar-refractivity contribution in [2.24, 2.45) is 0 Å². The molecule has 144 valence electrons. The van der Waals surface area contributed by atoms with E-state index in [1.807, 2.05) is 30.7 Å². The van der Waals surface area contributed by atoms with E-state index in [4.69, 9.17) is 10.2 Å². The third-order valence-electron chi connectivity index (χ3n) is 2.83. The van der Waals surface area contributed by atoms with Gasteiger partial charge in [-0.2, -0.15) is 0 Å². The zero-order valence-electron chi connectivity index (χ0n) is 16.0. The first-order valence-electron chi connectivity index (χ1n) is 8.04. The zero-order valence-corrected chi connectivity index (χ0v) is 16.0. The molecular weight excluding hydrogens is 314 g/mol. The van der Waals surface area contributed by atoms with E-state index in [0.717, 1.165) is 13.4 Å². The van der Waals surface area contributed by atoms with E-state index >= 15 is 0 Å². The number of carboxylic acids is 1. The van der Waals surface area contributed by atoms with Crippen molar-refractivity contribution in [1.29, 1.82) is 0 Å². The van der Waals surface area contributed by atoms with Crippen LogP contribution in [0, 0.1) is 0 Å². The maximum Gasteiger partial charge on any atom is 0.317 e. The number of aliphatic hydroxyl groups excluding tert-OH is 1. The summed E-state index contributed by atoms with van der Waals surface area (Å²) in [6.07, 6.45) is 0.843. The minimum absolute atomic E-state index is 0.0149. The number of Topliss-reactive ketones (excluding diaryl/α,β-unsaturated/α-hetero) is 1. The highest BCUT2D eigenvalue weighted by atomic mass is 16.4. The fourth-order valence-corrected chi connectivity index (χ4v) is 1.74. The molecule has 0 rings (SSSR count). The molecule has 0 aromatic carbocycles. The van der Waals surface area contributed by atoms with Crippen molar-refractivity contribution in [2.45, 2.75) is 20.8 Å². The van der Waals surface area contributed by atoms with Gasteiger partial charge in [0.05, 0.1) is 19.6 Å². The van der Waals surface area contributed by atoms with Gasteiger partial charge in [-0.25, -0.2) is 0 Å². The van der Waals surface area contributed by atoms with Gasteiger partial charge in [-0.15, -0.1) is 0 Å². The Hall–Kier alpha value is -1.35. The minimum atomic E-state index is -0.865. The molecule has 8 heteroatoms. The molecule has 0 aromatic rings. The van der Waals surface area contributed by atoms with E-state index < -0.39 is 5.97 Å². The molecule has 0 fully saturated rings. The van der Waals surface area contributed by atoms with Crippen LogP contribution in [0.15, 0.2) is 0 Å². The Balaban J connectivity index is -0.00000102. The molecule has 0 radical (unpaired) electrons. The molecule has 8 nitrogen and oxygen atoms in total. The van der Waals surface area contributed by atoms with E-state index in [9.17, 15) is 14.4 Å². The fraction of sp³-hybridized carbons (Fsp3) is 0.812. The van der Waals surface area contributed by atoms with Crippen molar-refractivity contribution in [2.75, 3.05) is 67.0 Å². The number of aliphatic hydroxyl groups is 1. The van der Waals surface area contributed by atoms with Gasteiger partial charge in [0, 0.05) is 33.3 Å². The van der Waals surface area contributed by atoms with Crippen molar-refractivity contribution < 1.29 is 24.6 Å². The molecule has 0 atom stereocenters. The summed E-state index contributed by atoms with van der Waals surface area (Å²) >= 11 is 0. The van der Waals surface area contributed by atoms with E-state index in [1.54, 1.807) is 11.9 Å². The Morgan fingerprint density at radius 3 is 1.75 bits per heavy atom. The number of nitrogens with zero attached hydrogens (tertiary/aromatic N) is 3. The number of carboxylic acid groups (broad SMARTS) is 1. The highest BCUT2D eigenvalue weighted by Crippen LogP contribution is 1.93. The number of carbonyl (C=O) groups is 3. The monoisotopic (exact) mass is 349 g/mol. The van der Waals surface area contributed by atoms with Crippen LogP contribution in [-0.2, 0) is 14.4 Å². The molecule has 0 aliphatic carbocycles. The van der Waals surface area contributed by atoms with Gasteiger partial charge < -0.3 is 15.0 Å². The zero-order chi connectivity index (χ0) is 19.5. The predicted molar refractivity (Wildman–Crippen MR) is 95.3 cm³/mol. The molecular formula is C16H35N3O5. The van der Waals surface area contributed by atoms with Crippen LogP contribution >= 0.6 is 0 Å². The van der Waals surface area contributed by atoms with Gasteiger partial charge in [-0.05, 0) is 21.0 Å². The van der Waals surface area contributed by atoms with Crippen LogP contribution in [0.2, 0.25) is 0 Å². The summed E-state index contributed by atoms with van der Waals surface area (Å²) in [5.41, 5.74) is 0. The molecule has 0 saturated heterocycles. The highest BCUT2D eigenvalue weighted by molar-refractivity contribution is 5.77. The van der Waals surface area contributed by atoms with E-state index in [0.29, 0.717) is 39.3 Å². The normalized spacial score (nSPS) is 9.92. The van der Waals surface area contributed by atoms with E-state index in [2.05, 4.69) is 0 Å². The number of aldehydes is 1. The number of hydrogen-bond donors (Lipinski definition) is 2. The Kier molecular flexibility index (Phi) is 22.6. The molecule has 24 heavy (non-hydrogen) atoms. The molecule has 2 N–H and O–H groups in total. The molecule has 0 saturated carbocycles. The first kappa shape index (κ1) is 27.5. The van der Waals surface area contributed by atoms with Crippen LogP contribution in [0.5, 0.6) is 0 Å². The Morgan fingerprint density at radius 2 is 1.38 bits per heavy atom. The van der Waals surface area contributed by atoms with E-state index in [1.165, 1.54) is 6.92 Å². The fourth-order valence-electron chi connectivity index (χ4n) is 1.74. The smallest absolute Gasteiger partial charge is 0.317 e. The lowest BCUT2D eigenvalue weighted by atomic mass is 10.3. The number of aliphatic carboxylic acids is 1. The first-order valence-corrected chi connectivity index (χ1v) is 8.04. The predicted octanol–water partition coefficient (Wildman–Crippen LogP) is -0.341. The Bertz CT molecular complexity index is 327. The van der Waals surface area contributed by atoms with Gasteiger partial charge in [-0.3, -0.25) is 24.3 Å². The number of carbonyl (C=O) groups excluding carboxylic acids is 2. The molecule has 0 aromatic heterocycles. The minimum Gasteiger partial charge on any atom is -0.480 e. The maximum atomic E-state index is 11.2. The third kappa shape index (κ3) is 20.6. The maximum absolute atomic E-state index is 11.2. The molecule has 0 bridgehead atoms. The van der Waals surface area contributed by atoms with Crippen molar-refractivity contribution >= 4 is 18.0 Å². The summed E-state index contributed by atoms with van der Waals surface area (Å²) in [6, 6.07) is 0. The molecule has 0 aliphatic heterocycles. The topological polar surface area (TPSA) is 101 Å². The van der Waals surface area contributed by atoms with Crippen LogP contribution in [-0.4, -0.2) is 110 Å². The van der Waals surface area contributed by atoms with Gasteiger partial charge in [0.15, 0.2) is 0 Å². The summed E-state index contributed by atoms with van der Waals surface area (Å²) in [7, 11) is 4.58.